The van der Waals surface area contributed by atoms with E-state index < -0.39 is 17.6 Å². The molecule has 1 N–H and O–H groups in total. The third-order valence-corrected chi connectivity index (χ3v) is 4.09. The Bertz CT molecular complexity index is 401. The molecule has 120 valence electrons. The quantitative estimate of drug-likeness (QED) is 0.860. The zero-order valence-electron chi connectivity index (χ0n) is 13.2. The summed E-state index contributed by atoms with van der Waals surface area (Å²) in [5.41, 5.74) is -0.520. The first-order valence-corrected chi connectivity index (χ1v) is 7.73. The summed E-state index contributed by atoms with van der Waals surface area (Å²) in [6.45, 7) is 8.34. The van der Waals surface area contributed by atoms with Crippen LogP contribution in [-0.4, -0.2) is 64.8 Å². The van der Waals surface area contributed by atoms with Crippen molar-refractivity contribution in [2.45, 2.75) is 51.7 Å². The molecule has 2 saturated heterocycles. The van der Waals surface area contributed by atoms with Crippen molar-refractivity contribution >= 4 is 12.1 Å². The predicted octanol–water partition coefficient (Wildman–Crippen LogP) is 1.79. The number of amides is 1. The van der Waals surface area contributed by atoms with Crippen LogP contribution in [0.1, 0.15) is 40.0 Å². The molecule has 0 aromatic heterocycles. The number of ether oxygens (including phenoxy) is 1. The van der Waals surface area contributed by atoms with E-state index in [1.54, 1.807) is 4.90 Å². The molecule has 0 spiro atoms. The average Bonchev–Trinajstić information content (AvgIpc) is 2.31. The second-order valence-corrected chi connectivity index (χ2v) is 7.00. The van der Waals surface area contributed by atoms with Gasteiger partial charge in [-0.05, 0) is 40.0 Å². The van der Waals surface area contributed by atoms with Gasteiger partial charge in [0.15, 0.2) is 0 Å². The molecule has 2 aliphatic rings. The zero-order chi connectivity index (χ0) is 15.6. The van der Waals surface area contributed by atoms with Crippen LogP contribution in [0.5, 0.6) is 0 Å². The molecule has 2 rings (SSSR count). The van der Waals surface area contributed by atoms with Crippen LogP contribution in [0.3, 0.4) is 0 Å². The first-order chi connectivity index (χ1) is 9.78. The van der Waals surface area contributed by atoms with Gasteiger partial charge >= 0.3 is 12.1 Å². The second-order valence-electron chi connectivity index (χ2n) is 7.00. The van der Waals surface area contributed by atoms with Crippen LogP contribution < -0.4 is 0 Å². The molecule has 2 heterocycles. The van der Waals surface area contributed by atoms with Crippen molar-refractivity contribution in [3.05, 3.63) is 0 Å². The van der Waals surface area contributed by atoms with Gasteiger partial charge in [-0.25, -0.2) is 4.79 Å². The van der Waals surface area contributed by atoms with Crippen LogP contribution in [0.25, 0.3) is 0 Å². The molecule has 2 aliphatic heterocycles. The standard InChI is InChI=1S/C15H26N2O4/c1-15(2,3)21-14(20)17-7-4-6-11(10-17)12(13(18)19)16-8-5-9-16/h11-12H,4-10H2,1-3H3,(H,18,19). The van der Waals surface area contributed by atoms with Gasteiger partial charge in [0, 0.05) is 32.1 Å². The number of carboxylic acid groups (broad SMARTS) is 1. The number of hydrogen-bond donors (Lipinski definition) is 1. The Morgan fingerprint density at radius 1 is 1.19 bits per heavy atom. The lowest BCUT2D eigenvalue weighted by Gasteiger charge is -2.43. The van der Waals surface area contributed by atoms with E-state index >= 15 is 0 Å². The maximum atomic E-state index is 12.1. The van der Waals surface area contributed by atoms with Crippen LogP contribution in [0.15, 0.2) is 0 Å². The number of carbonyl (C=O) groups excluding carboxylic acids is 1. The SMILES string of the molecule is CC(C)(C)OC(=O)N1CCCC(C(C(=O)O)N2CCC2)C1. The van der Waals surface area contributed by atoms with Gasteiger partial charge in [-0.1, -0.05) is 0 Å². The second kappa shape index (κ2) is 6.22. The minimum atomic E-state index is -0.772. The molecule has 0 aromatic carbocycles. The van der Waals surface area contributed by atoms with Gasteiger partial charge in [-0.3, -0.25) is 9.69 Å². The molecule has 6 nitrogen and oxygen atoms in total. The normalized spacial score (nSPS) is 25.1. The Hall–Kier alpha value is -1.30. The Morgan fingerprint density at radius 2 is 1.86 bits per heavy atom. The Balaban J connectivity index is 1.99. The first kappa shape index (κ1) is 16.1. The Kier molecular flexibility index (Phi) is 4.76. The van der Waals surface area contributed by atoms with Gasteiger partial charge in [-0.15, -0.1) is 0 Å². The van der Waals surface area contributed by atoms with E-state index in [0.717, 1.165) is 32.4 Å². The summed E-state index contributed by atoms with van der Waals surface area (Å²) in [5, 5.41) is 9.50. The van der Waals surface area contributed by atoms with Crippen molar-refractivity contribution in [3.63, 3.8) is 0 Å². The number of aliphatic carboxylic acids is 1. The summed E-state index contributed by atoms with van der Waals surface area (Å²) in [4.78, 5) is 27.4. The minimum Gasteiger partial charge on any atom is -0.480 e. The van der Waals surface area contributed by atoms with Crippen LogP contribution >= 0.6 is 0 Å². The van der Waals surface area contributed by atoms with Crippen LogP contribution in [0, 0.1) is 5.92 Å². The molecule has 21 heavy (non-hydrogen) atoms. The van der Waals surface area contributed by atoms with E-state index in [2.05, 4.69) is 0 Å². The van der Waals surface area contributed by atoms with Crippen LogP contribution in [0.4, 0.5) is 4.79 Å². The first-order valence-electron chi connectivity index (χ1n) is 7.73. The summed E-state index contributed by atoms with van der Waals surface area (Å²) in [5.74, 6) is -0.783. The highest BCUT2D eigenvalue weighted by molar-refractivity contribution is 5.74. The number of carboxylic acids is 1. The Morgan fingerprint density at radius 3 is 2.33 bits per heavy atom. The lowest BCUT2D eigenvalue weighted by molar-refractivity contribution is -0.148. The smallest absolute Gasteiger partial charge is 0.410 e. The van der Waals surface area contributed by atoms with E-state index in [1.165, 1.54) is 0 Å². The van der Waals surface area contributed by atoms with Crippen LogP contribution in [-0.2, 0) is 9.53 Å². The number of likely N-dealkylation sites (tertiary alicyclic amines) is 2. The van der Waals surface area contributed by atoms with Gasteiger partial charge < -0.3 is 14.7 Å². The molecular formula is C15H26N2O4. The maximum Gasteiger partial charge on any atom is 0.410 e. The number of nitrogens with zero attached hydrogens (tertiary/aromatic N) is 2. The van der Waals surface area contributed by atoms with Crippen molar-refractivity contribution in [1.29, 1.82) is 0 Å². The molecule has 0 aromatic rings. The largest absolute Gasteiger partial charge is 0.480 e. The van der Waals surface area contributed by atoms with Crippen molar-refractivity contribution in [2.75, 3.05) is 26.2 Å². The fourth-order valence-electron chi connectivity index (χ4n) is 3.03. The van der Waals surface area contributed by atoms with Gasteiger partial charge in [0.1, 0.15) is 11.6 Å². The minimum absolute atomic E-state index is 0.0101. The third kappa shape index (κ3) is 4.09. The summed E-state index contributed by atoms with van der Waals surface area (Å²) in [6.07, 6.45) is 2.42. The predicted molar refractivity (Wildman–Crippen MR) is 78.1 cm³/mol. The van der Waals surface area contributed by atoms with Gasteiger partial charge in [-0.2, -0.15) is 0 Å². The average molecular weight is 298 g/mol. The topological polar surface area (TPSA) is 70.1 Å². The molecular weight excluding hydrogens is 272 g/mol. The van der Waals surface area contributed by atoms with Crippen molar-refractivity contribution in [3.8, 4) is 0 Å². The fraction of sp³-hybridized carbons (Fsp3) is 0.867. The van der Waals surface area contributed by atoms with Gasteiger partial charge in [0.05, 0.1) is 0 Å². The maximum absolute atomic E-state index is 12.1. The monoisotopic (exact) mass is 298 g/mol. The number of piperidine rings is 1. The summed E-state index contributed by atoms with van der Waals surface area (Å²) >= 11 is 0. The Labute approximate surface area is 126 Å². The molecule has 2 unspecified atom stereocenters. The third-order valence-electron chi connectivity index (χ3n) is 4.09. The molecule has 0 saturated carbocycles. The molecule has 0 aliphatic carbocycles. The fourth-order valence-corrected chi connectivity index (χ4v) is 3.03. The van der Waals surface area contributed by atoms with Crippen LogP contribution in [0.2, 0.25) is 0 Å². The highest BCUT2D eigenvalue weighted by Gasteiger charge is 2.39. The number of carbonyl (C=O) groups is 2. The highest BCUT2D eigenvalue weighted by Crippen LogP contribution is 2.27. The summed E-state index contributed by atoms with van der Waals surface area (Å²) < 4.78 is 5.39. The van der Waals surface area contributed by atoms with Crippen molar-refractivity contribution < 1.29 is 19.4 Å². The molecule has 0 radical (unpaired) electrons. The van der Waals surface area contributed by atoms with E-state index in [4.69, 9.17) is 4.74 Å². The van der Waals surface area contributed by atoms with Gasteiger partial charge in [0.2, 0.25) is 0 Å². The van der Waals surface area contributed by atoms with Crippen molar-refractivity contribution in [2.24, 2.45) is 5.92 Å². The number of hydrogen-bond acceptors (Lipinski definition) is 4. The number of rotatable bonds is 3. The summed E-state index contributed by atoms with van der Waals surface area (Å²) in [6, 6.07) is -0.469. The van der Waals surface area contributed by atoms with E-state index in [0.29, 0.717) is 13.1 Å². The molecule has 2 fully saturated rings. The van der Waals surface area contributed by atoms with Gasteiger partial charge in [0.25, 0.3) is 0 Å². The van der Waals surface area contributed by atoms with E-state index in [-0.39, 0.29) is 12.0 Å². The van der Waals surface area contributed by atoms with E-state index in [9.17, 15) is 14.7 Å². The van der Waals surface area contributed by atoms with Crippen molar-refractivity contribution in [1.82, 2.24) is 9.80 Å². The molecule has 1 amide bonds. The molecule has 6 heteroatoms. The molecule has 0 bridgehead atoms. The lowest BCUT2D eigenvalue weighted by Crippen LogP contribution is -2.56. The van der Waals surface area contributed by atoms with E-state index in [1.807, 2.05) is 25.7 Å². The highest BCUT2D eigenvalue weighted by atomic mass is 16.6. The molecule has 2 atom stereocenters. The summed E-state index contributed by atoms with van der Waals surface area (Å²) in [7, 11) is 0. The lowest BCUT2D eigenvalue weighted by atomic mass is 9.88. The zero-order valence-corrected chi connectivity index (χ0v) is 13.2.